The van der Waals surface area contributed by atoms with Gasteiger partial charge < -0.3 is 14.5 Å². The highest BCUT2D eigenvalue weighted by Gasteiger charge is 2.24. The Labute approximate surface area is 176 Å². The molecule has 2 aromatic carbocycles. The smallest absolute Gasteiger partial charge is 0.260 e. The number of hydrogen-bond acceptors (Lipinski definition) is 5. The van der Waals surface area contributed by atoms with E-state index in [1.807, 2.05) is 41.0 Å². The fourth-order valence-corrected chi connectivity index (χ4v) is 3.94. The van der Waals surface area contributed by atoms with Gasteiger partial charge in [0, 0.05) is 36.2 Å². The van der Waals surface area contributed by atoms with Gasteiger partial charge in [0.1, 0.15) is 5.75 Å². The van der Waals surface area contributed by atoms with Crippen molar-refractivity contribution >= 4 is 38.7 Å². The van der Waals surface area contributed by atoms with Crippen LogP contribution in [0.5, 0.6) is 5.75 Å². The maximum atomic E-state index is 12.9. The summed E-state index contributed by atoms with van der Waals surface area (Å²) >= 11 is 3.44. The first kappa shape index (κ1) is 19.4. The summed E-state index contributed by atoms with van der Waals surface area (Å²) < 4.78 is 6.34. The molecule has 29 heavy (non-hydrogen) atoms. The molecule has 3 aromatic rings. The monoisotopic (exact) mass is 456 g/mol. The standard InChI is InChI=1S/C21H21BrN4O3/c1-2-29-16-12-14(11-15(22)13-16)20(28)25-7-9-26(10-8-25)21-23-18-6-4-3-5-17(18)19(27)24-21/h3-6,11-13H,2,7-10H2,1H3,(H,23,24,27). The van der Waals surface area contributed by atoms with Crippen molar-refractivity contribution in [1.82, 2.24) is 14.9 Å². The van der Waals surface area contributed by atoms with Gasteiger partial charge in [-0.1, -0.05) is 28.1 Å². The molecule has 0 saturated carbocycles. The topological polar surface area (TPSA) is 78.5 Å². The Morgan fingerprint density at radius 2 is 1.93 bits per heavy atom. The van der Waals surface area contributed by atoms with Gasteiger partial charge in [0.05, 0.1) is 17.5 Å². The lowest BCUT2D eigenvalue weighted by atomic mass is 10.1. The minimum absolute atomic E-state index is 0.0353. The van der Waals surface area contributed by atoms with Crippen LogP contribution in [0.2, 0.25) is 0 Å². The van der Waals surface area contributed by atoms with Crippen molar-refractivity contribution in [3.05, 3.63) is 62.9 Å². The second-order valence-corrected chi connectivity index (χ2v) is 7.71. The molecule has 7 nitrogen and oxygen atoms in total. The highest BCUT2D eigenvalue weighted by molar-refractivity contribution is 9.10. The molecule has 0 spiro atoms. The van der Waals surface area contributed by atoms with Gasteiger partial charge in [-0.25, -0.2) is 4.98 Å². The summed E-state index contributed by atoms with van der Waals surface area (Å²) in [5.74, 6) is 1.18. The van der Waals surface area contributed by atoms with Crippen LogP contribution in [-0.2, 0) is 0 Å². The van der Waals surface area contributed by atoms with Crippen LogP contribution in [-0.4, -0.2) is 53.6 Å². The van der Waals surface area contributed by atoms with Crippen LogP contribution >= 0.6 is 15.9 Å². The van der Waals surface area contributed by atoms with Crippen molar-refractivity contribution in [2.75, 3.05) is 37.7 Å². The van der Waals surface area contributed by atoms with Gasteiger partial charge in [0.25, 0.3) is 11.5 Å². The van der Waals surface area contributed by atoms with Crippen LogP contribution in [0.15, 0.2) is 51.7 Å². The number of amides is 1. The average molecular weight is 457 g/mol. The summed E-state index contributed by atoms with van der Waals surface area (Å²) in [6.07, 6.45) is 0. The Kier molecular flexibility index (Phi) is 5.53. The summed E-state index contributed by atoms with van der Waals surface area (Å²) in [5.41, 5.74) is 1.11. The van der Waals surface area contributed by atoms with E-state index in [0.717, 1.165) is 4.47 Å². The molecule has 8 heteroatoms. The lowest BCUT2D eigenvalue weighted by Gasteiger charge is -2.35. The number of halogens is 1. The van der Waals surface area contributed by atoms with E-state index in [-0.39, 0.29) is 11.5 Å². The van der Waals surface area contributed by atoms with Gasteiger partial charge >= 0.3 is 0 Å². The average Bonchev–Trinajstić information content (AvgIpc) is 2.73. The molecule has 150 valence electrons. The predicted octanol–water partition coefficient (Wildman–Crippen LogP) is 3.05. The lowest BCUT2D eigenvalue weighted by molar-refractivity contribution is 0.0745. The van der Waals surface area contributed by atoms with E-state index in [4.69, 9.17) is 4.74 Å². The number of hydrogen-bond donors (Lipinski definition) is 1. The second-order valence-electron chi connectivity index (χ2n) is 6.79. The lowest BCUT2D eigenvalue weighted by Crippen LogP contribution is -2.49. The van der Waals surface area contributed by atoms with Crippen LogP contribution in [0.1, 0.15) is 17.3 Å². The van der Waals surface area contributed by atoms with E-state index < -0.39 is 0 Å². The van der Waals surface area contributed by atoms with E-state index in [1.165, 1.54) is 0 Å². The van der Waals surface area contributed by atoms with Gasteiger partial charge in [-0.05, 0) is 37.3 Å². The van der Waals surface area contributed by atoms with Crippen molar-refractivity contribution in [3.8, 4) is 5.75 Å². The molecule has 1 fully saturated rings. The molecule has 4 rings (SSSR count). The summed E-state index contributed by atoms with van der Waals surface area (Å²) in [7, 11) is 0. The number of para-hydroxylation sites is 1. The molecular weight excluding hydrogens is 436 g/mol. The third-order valence-electron chi connectivity index (χ3n) is 4.90. The minimum Gasteiger partial charge on any atom is -0.494 e. The number of nitrogens with zero attached hydrogens (tertiary/aromatic N) is 3. The number of fused-ring (bicyclic) bond motifs is 1. The van der Waals surface area contributed by atoms with E-state index in [0.29, 0.717) is 61.0 Å². The fraction of sp³-hybridized carbons (Fsp3) is 0.286. The minimum atomic E-state index is -0.151. The molecule has 1 aromatic heterocycles. The van der Waals surface area contributed by atoms with Crippen molar-refractivity contribution < 1.29 is 9.53 Å². The number of carbonyl (C=O) groups excluding carboxylic acids is 1. The van der Waals surface area contributed by atoms with Crippen LogP contribution in [0, 0.1) is 0 Å². The highest BCUT2D eigenvalue weighted by Crippen LogP contribution is 2.23. The molecule has 0 unspecified atom stereocenters. The van der Waals surface area contributed by atoms with Gasteiger partial charge in [-0.2, -0.15) is 0 Å². The third kappa shape index (κ3) is 4.12. The maximum Gasteiger partial charge on any atom is 0.260 e. The Balaban J connectivity index is 1.48. The molecule has 1 amide bonds. The predicted molar refractivity (Wildman–Crippen MR) is 116 cm³/mol. The van der Waals surface area contributed by atoms with Crippen molar-refractivity contribution in [1.29, 1.82) is 0 Å². The number of aromatic amines is 1. The van der Waals surface area contributed by atoms with Gasteiger partial charge in [-0.3, -0.25) is 14.6 Å². The van der Waals surface area contributed by atoms with Gasteiger partial charge in [0.2, 0.25) is 5.95 Å². The molecule has 0 atom stereocenters. The first-order valence-electron chi connectivity index (χ1n) is 9.52. The first-order chi connectivity index (χ1) is 14.0. The molecule has 0 radical (unpaired) electrons. The van der Waals surface area contributed by atoms with E-state index in [9.17, 15) is 9.59 Å². The number of anilines is 1. The second kappa shape index (κ2) is 8.24. The molecule has 2 heterocycles. The number of ether oxygens (including phenoxy) is 1. The molecule has 0 aliphatic carbocycles. The number of piperazine rings is 1. The Morgan fingerprint density at radius 3 is 2.69 bits per heavy atom. The summed E-state index contributed by atoms with van der Waals surface area (Å²) in [6.45, 7) is 4.74. The van der Waals surface area contributed by atoms with Gasteiger partial charge in [0.15, 0.2) is 0 Å². The summed E-state index contributed by atoms with van der Waals surface area (Å²) in [5, 5.41) is 0.574. The van der Waals surface area contributed by atoms with Crippen molar-refractivity contribution in [2.24, 2.45) is 0 Å². The number of carbonyl (C=O) groups is 1. The van der Waals surface area contributed by atoms with E-state index in [2.05, 4.69) is 25.9 Å². The Hall–Kier alpha value is -2.87. The normalized spacial score (nSPS) is 14.3. The highest BCUT2D eigenvalue weighted by atomic mass is 79.9. The number of benzene rings is 2. The summed E-state index contributed by atoms with van der Waals surface area (Å²) in [4.78, 5) is 36.5. The van der Waals surface area contributed by atoms with Crippen LogP contribution in [0.4, 0.5) is 5.95 Å². The van der Waals surface area contributed by atoms with Crippen LogP contribution in [0.25, 0.3) is 10.9 Å². The van der Waals surface area contributed by atoms with E-state index >= 15 is 0 Å². The molecule has 0 bridgehead atoms. The molecule has 1 aliphatic rings. The number of rotatable bonds is 4. The number of H-pyrrole nitrogens is 1. The molecule has 1 saturated heterocycles. The molecular formula is C21H21BrN4O3. The Morgan fingerprint density at radius 1 is 1.17 bits per heavy atom. The quantitative estimate of drug-likeness (QED) is 0.652. The molecule has 1 aliphatic heterocycles. The fourth-order valence-electron chi connectivity index (χ4n) is 3.46. The summed E-state index contributed by atoms with van der Waals surface area (Å²) in [6, 6.07) is 12.7. The number of nitrogens with one attached hydrogen (secondary N) is 1. The largest absolute Gasteiger partial charge is 0.494 e. The number of aromatic nitrogens is 2. The van der Waals surface area contributed by atoms with Crippen molar-refractivity contribution in [3.63, 3.8) is 0 Å². The van der Waals surface area contributed by atoms with Crippen LogP contribution in [0.3, 0.4) is 0 Å². The first-order valence-corrected chi connectivity index (χ1v) is 10.3. The molecule has 1 N–H and O–H groups in total. The van der Waals surface area contributed by atoms with E-state index in [1.54, 1.807) is 18.2 Å². The zero-order valence-electron chi connectivity index (χ0n) is 16.0. The van der Waals surface area contributed by atoms with Crippen molar-refractivity contribution in [2.45, 2.75) is 6.92 Å². The zero-order chi connectivity index (χ0) is 20.4. The maximum absolute atomic E-state index is 12.9. The SMILES string of the molecule is CCOc1cc(Br)cc(C(=O)N2CCN(c3nc4ccccc4c(=O)[nH]3)CC2)c1. The van der Waals surface area contributed by atoms with Gasteiger partial charge in [-0.15, -0.1) is 0 Å². The Bertz CT molecular complexity index is 1110. The van der Waals surface area contributed by atoms with Crippen LogP contribution < -0.4 is 15.2 Å². The zero-order valence-corrected chi connectivity index (χ0v) is 17.6. The third-order valence-corrected chi connectivity index (χ3v) is 5.35.